The van der Waals surface area contributed by atoms with Crippen LogP contribution >= 0.6 is 11.3 Å². The molecule has 0 unspecified atom stereocenters. The van der Waals surface area contributed by atoms with Crippen molar-refractivity contribution in [2.45, 2.75) is 45.6 Å². The predicted molar refractivity (Wildman–Crippen MR) is 82.6 cm³/mol. The van der Waals surface area contributed by atoms with Crippen molar-refractivity contribution in [2.75, 3.05) is 0 Å². The standard InChI is InChI=1S/C16H18F2N2OS/c1-2-20-14-12(18)8-11(17)9-13(14)22-16(20)19-15(21)10-6-4-3-5-7-10/h8-10H,2-7H2,1H3. The van der Waals surface area contributed by atoms with E-state index in [1.165, 1.54) is 12.5 Å². The Balaban J connectivity index is 2.08. The molecule has 1 heterocycles. The number of rotatable bonds is 2. The van der Waals surface area contributed by atoms with Crippen molar-refractivity contribution < 1.29 is 13.6 Å². The molecule has 1 fully saturated rings. The number of amides is 1. The highest BCUT2D eigenvalue weighted by atomic mass is 32.1. The van der Waals surface area contributed by atoms with Gasteiger partial charge in [0, 0.05) is 18.5 Å². The molecule has 0 radical (unpaired) electrons. The van der Waals surface area contributed by atoms with Crippen molar-refractivity contribution >= 4 is 27.5 Å². The molecule has 0 bridgehead atoms. The van der Waals surface area contributed by atoms with Crippen LogP contribution in [0.1, 0.15) is 39.0 Å². The highest BCUT2D eigenvalue weighted by Crippen LogP contribution is 2.25. The Morgan fingerprint density at radius 2 is 2.05 bits per heavy atom. The maximum absolute atomic E-state index is 14.0. The van der Waals surface area contributed by atoms with Gasteiger partial charge in [-0.05, 0) is 25.8 Å². The van der Waals surface area contributed by atoms with Crippen molar-refractivity contribution in [1.29, 1.82) is 0 Å². The van der Waals surface area contributed by atoms with Gasteiger partial charge in [0.1, 0.15) is 5.82 Å². The fourth-order valence-corrected chi connectivity index (χ4v) is 4.18. The van der Waals surface area contributed by atoms with Gasteiger partial charge in [0.15, 0.2) is 10.6 Å². The van der Waals surface area contributed by atoms with Crippen molar-refractivity contribution in [3.63, 3.8) is 0 Å². The normalized spacial score (nSPS) is 17.3. The molecule has 1 aliphatic carbocycles. The van der Waals surface area contributed by atoms with Gasteiger partial charge in [-0.3, -0.25) is 4.79 Å². The summed E-state index contributed by atoms with van der Waals surface area (Å²) in [5.41, 5.74) is 0.323. The number of aryl methyl sites for hydroxylation is 1. The summed E-state index contributed by atoms with van der Waals surface area (Å²) in [6.45, 7) is 2.35. The van der Waals surface area contributed by atoms with Gasteiger partial charge in [-0.25, -0.2) is 8.78 Å². The average Bonchev–Trinajstić information content (AvgIpc) is 2.85. The number of halogens is 2. The first-order valence-corrected chi connectivity index (χ1v) is 8.48. The zero-order valence-electron chi connectivity index (χ0n) is 12.4. The summed E-state index contributed by atoms with van der Waals surface area (Å²) in [7, 11) is 0. The second kappa shape index (κ2) is 6.28. The first-order chi connectivity index (χ1) is 10.6. The van der Waals surface area contributed by atoms with Crippen LogP contribution in [-0.2, 0) is 11.3 Å². The first kappa shape index (κ1) is 15.3. The fraction of sp³-hybridized carbons (Fsp3) is 0.500. The van der Waals surface area contributed by atoms with Gasteiger partial charge in [0.05, 0.1) is 10.2 Å². The van der Waals surface area contributed by atoms with Gasteiger partial charge in [-0.1, -0.05) is 30.6 Å². The summed E-state index contributed by atoms with van der Waals surface area (Å²) in [6, 6.07) is 2.16. The van der Waals surface area contributed by atoms with Crippen LogP contribution in [0.15, 0.2) is 17.1 Å². The van der Waals surface area contributed by atoms with Crippen LogP contribution in [0.25, 0.3) is 10.2 Å². The van der Waals surface area contributed by atoms with Crippen LogP contribution in [-0.4, -0.2) is 10.5 Å². The van der Waals surface area contributed by atoms with Crippen molar-refractivity contribution in [2.24, 2.45) is 10.9 Å². The molecule has 1 amide bonds. The number of benzene rings is 1. The number of hydrogen-bond donors (Lipinski definition) is 0. The number of thiazole rings is 1. The lowest BCUT2D eigenvalue weighted by molar-refractivity contribution is -0.122. The molecule has 3 rings (SSSR count). The Morgan fingerprint density at radius 3 is 2.73 bits per heavy atom. The third-order valence-corrected chi connectivity index (χ3v) is 5.20. The van der Waals surface area contributed by atoms with E-state index in [1.54, 1.807) is 4.57 Å². The number of hydrogen-bond acceptors (Lipinski definition) is 2. The number of nitrogens with zero attached hydrogens (tertiary/aromatic N) is 2. The van der Waals surface area contributed by atoms with E-state index < -0.39 is 11.6 Å². The average molecular weight is 324 g/mol. The van der Waals surface area contributed by atoms with E-state index in [0.717, 1.165) is 43.1 Å². The smallest absolute Gasteiger partial charge is 0.251 e. The molecule has 0 N–H and O–H groups in total. The van der Waals surface area contributed by atoms with Gasteiger partial charge in [-0.15, -0.1) is 0 Å². The minimum absolute atomic E-state index is 0.0224. The Labute approximate surface area is 131 Å². The summed E-state index contributed by atoms with van der Waals surface area (Å²) in [5.74, 6) is -1.38. The Hall–Kier alpha value is -1.56. The zero-order valence-corrected chi connectivity index (χ0v) is 13.3. The second-order valence-electron chi connectivity index (χ2n) is 5.65. The minimum Gasteiger partial charge on any atom is -0.314 e. The molecule has 0 spiro atoms. The molecule has 22 heavy (non-hydrogen) atoms. The summed E-state index contributed by atoms with van der Waals surface area (Å²) in [4.78, 5) is 17.0. The molecule has 6 heteroatoms. The largest absolute Gasteiger partial charge is 0.314 e. The van der Waals surface area contributed by atoms with E-state index in [1.807, 2.05) is 6.92 Å². The van der Waals surface area contributed by atoms with Gasteiger partial charge < -0.3 is 4.57 Å². The highest BCUT2D eigenvalue weighted by molar-refractivity contribution is 7.16. The fourth-order valence-electron chi connectivity index (χ4n) is 3.04. The van der Waals surface area contributed by atoms with E-state index in [4.69, 9.17) is 0 Å². The maximum Gasteiger partial charge on any atom is 0.251 e. The van der Waals surface area contributed by atoms with Gasteiger partial charge in [-0.2, -0.15) is 4.99 Å². The van der Waals surface area contributed by atoms with E-state index in [2.05, 4.69) is 4.99 Å². The number of fused-ring (bicyclic) bond motifs is 1. The molecule has 118 valence electrons. The molecule has 1 aromatic carbocycles. The monoisotopic (exact) mass is 324 g/mol. The zero-order chi connectivity index (χ0) is 15.7. The van der Waals surface area contributed by atoms with Gasteiger partial charge >= 0.3 is 0 Å². The van der Waals surface area contributed by atoms with E-state index in [9.17, 15) is 13.6 Å². The van der Waals surface area contributed by atoms with Crippen LogP contribution in [0.3, 0.4) is 0 Å². The SMILES string of the molecule is CCn1c(=NC(=O)C2CCCCC2)sc2cc(F)cc(F)c21. The molecule has 1 saturated carbocycles. The third kappa shape index (κ3) is 2.84. The Kier molecular flexibility index (Phi) is 4.38. The van der Waals surface area contributed by atoms with Gasteiger partial charge in [0.25, 0.3) is 5.91 Å². The van der Waals surface area contributed by atoms with Crippen LogP contribution in [0.5, 0.6) is 0 Å². The van der Waals surface area contributed by atoms with Crippen LogP contribution < -0.4 is 4.80 Å². The number of carbonyl (C=O) groups is 1. The molecule has 3 nitrogen and oxygen atoms in total. The highest BCUT2D eigenvalue weighted by Gasteiger charge is 2.21. The lowest BCUT2D eigenvalue weighted by Gasteiger charge is -2.17. The molecular weight excluding hydrogens is 306 g/mol. The summed E-state index contributed by atoms with van der Waals surface area (Å²) < 4.78 is 29.5. The van der Waals surface area contributed by atoms with Crippen molar-refractivity contribution in [1.82, 2.24) is 4.57 Å². The van der Waals surface area contributed by atoms with E-state index >= 15 is 0 Å². The van der Waals surface area contributed by atoms with Crippen LogP contribution in [0, 0.1) is 17.6 Å². The Bertz CT molecular complexity index is 772. The number of aromatic nitrogens is 1. The Morgan fingerprint density at radius 1 is 1.32 bits per heavy atom. The number of carbonyl (C=O) groups excluding carboxylic acids is 1. The molecule has 0 saturated heterocycles. The summed E-state index contributed by atoms with van der Waals surface area (Å²) in [5, 5.41) is 0. The summed E-state index contributed by atoms with van der Waals surface area (Å²) in [6.07, 6.45) is 5.05. The van der Waals surface area contributed by atoms with E-state index in [-0.39, 0.29) is 11.8 Å². The van der Waals surface area contributed by atoms with Crippen molar-refractivity contribution in [3.05, 3.63) is 28.6 Å². The predicted octanol–water partition coefficient (Wildman–Crippen LogP) is 4.01. The molecule has 0 atom stereocenters. The molecule has 2 aromatic rings. The molecule has 0 aliphatic heterocycles. The van der Waals surface area contributed by atoms with E-state index in [0.29, 0.717) is 21.6 Å². The van der Waals surface area contributed by atoms with Crippen LogP contribution in [0.2, 0.25) is 0 Å². The molecule has 1 aromatic heterocycles. The minimum atomic E-state index is -0.611. The van der Waals surface area contributed by atoms with Crippen molar-refractivity contribution in [3.8, 4) is 0 Å². The van der Waals surface area contributed by atoms with Crippen LogP contribution in [0.4, 0.5) is 8.78 Å². The lowest BCUT2D eigenvalue weighted by atomic mass is 9.89. The summed E-state index contributed by atoms with van der Waals surface area (Å²) >= 11 is 1.16. The quantitative estimate of drug-likeness (QED) is 0.822. The molecular formula is C16H18F2N2OS. The lowest BCUT2D eigenvalue weighted by Crippen LogP contribution is -2.21. The molecule has 1 aliphatic rings. The van der Waals surface area contributed by atoms with Gasteiger partial charge in [0.2, 0.25) is 0 Å². The maximum atomic E-state index is 14.0. The third-order valence-electron chi connectivity index (χ3n) is 4.17. The second-order valence-corrected chi connectivity index (χ2v) is 6.66. The first-order valence-electron chi connectivity index (χ1n) is 7.67. The topological polar surface area (TPSA) is 34.4 Å².